The van der Waals surface area contributed by atoms with Gasteiger partial charge < -0.3 is 4.90 Å². The van der Waals surface area contributed by atoms with Gasteiger partial charge in [0.2, 0.25) is 0 Å². The summed E-state index contributed by atoms with van der Waals surface area (Å²) in [4.78, 5) is 2.50. The molecule has 2 aliphatic carbocycles. The van der Waals surface area contributed by atoms with Gasteiger partial charge in [-0.3, -0.25) is 0 Å². The molecule has 8 rings (SSSR count). The van der Waals surface area contributed by atoms with Crippen molar-refractivity contribution in [3.05, 3.63) is 186 Å². The summed E-state index contributed by atoms with van der Waals surface area (Å²) in [5, 5.41) is 2.63. The minimum Gasteiger partial charge on any atom is -0.334 e. The Balaban J connectivity index is 1.52. The molecule has 0 saturated heterocycles. The van der Waals surface area contributed by atoms with Crippen molar-refractivity contribution in [3.63, 3.8) is 0 Å². The van der Waals surface area contributed by atoms with E-state index >= 15 is 0 Å². The quantitative estimate of drug-likeness (QED) is 0.175. The van der Waals surface area contributed by atoms with Gasteiger partial charge in [-0.15, -0.1) is 0 Å². The maximum Gasteiger partial charge on any atom is 0.0566 e. The SMILES string of the molecule is C1=CCCC(c2c(-c3ccccc3)c(-c3ccccc3)c3c(c2-c2ccccc2)=CCC(N(c2ccccc2)c2ccccc2)C=3)=C1. The minimum absolute atomic E-state index is 0.129. The van der Waals surface area contributed by atoms with Crippen LogP contribution in [0.5, 0.6) is 0 Å². The molecule has 0 aromatic heterocycles. The molecular weight excluding hydrogens is 567 g/mol. The second kappa shape index (κ2) is 13.0. The van der Waals surface area contributed by atoms with Crippen LogP contribution in [0.15, 0.2) is 170 Å². The van der Waals surface area contributed by atoms with E-state index in [9.17, 15) is 0 Å². The molecule has 0 aliphatic heterocycles. The average molecular weight is 604 g/mol. The molecule has 1 nitrogen and oxygen atoms in total. The Morgan fingerprint density at radius 3 is 1.43 bits per heavy atom. The summed E-state index contributed by atoms with van der Waals surface area (Å²) in [6, 6.07) is 54.9. The summed E-state index contributed by atoms with van der Waals surface area (Å²) >= 11 is 0. The number of para-hydroxylation sites is 2. The third-order valence-corrected chi connectivity index (χ3v) is 9.42. The summed E-state index contributed by atoms with van der Waals surface area (Å²) in [6.07, 6.45) is 14.9. The first-order valence-corrected chi connectivity index (χ1v) is 16.7. The zero-order valence-electron chi connectivity index (χ0n) is 26.5. The first kappa shape index (κ1) is 28.8. The van der Waals surface area contributed by atoms with E-state index in [0.29, 0.717) is 0 Å². The van der Waals surface area contributed by atoms with Crippen LogP contribution in [-0.2, 0) is 0 Å². The van der Waals surface area contributed by atoms with Crippen LogP contribution in [-0.4, -0.2) is 6.04 Å². The Hall–Kier alpha value is -5.66. The Labute approximate surface area is 277 Å². The normalized spacial score (nSPS) is 15.1. The van der Waals surface area contributed by atoms with Gasteiger partial charge in [-0.05, 0) is 98.5 Å². The zero-order valence-corrected chi connectivity index (χ0v) is 26.5. The van der Waals surface area contributed by atoms with E-state index < -0.39 is 0 Å². The molecule has 0 N–H and O–H groups in total. The molecular formula is C46H37N. The molecule has 47 heavy (non-hydrogen) atoms. The van der Waals surface area contributed by atoms with Gasteiger partial charge in [-0.25, -0.2) is 0 Å². The van der Waals surface area contributed by atoms with Crippen LogP contribution in [0.2, 0.25) is 0 Å². The highest BCUT2D eigenvalue weighted by Crippen LogP contribution is 2.43. The van der Waals surface area contributed by atoms with E-state index in [1.165, 1.54) is 66.3 Å². The second-order valence-corrected chi connectivity index (χ2v) is 12.3. The molecule has 226 valence electrons. The number of benzene rings is 6. The fraction of sp³-hybridized carbons (Fsp3) is 0.0870. The van der Waals surface area contributed by atoms with Crippen molar-refractivity contribution in [3.8, 4) is 33.4 Å². The van der Waals surface area contributed by atoms with Crippen LogP contribution in [0.3, 0.4) is 0 Å². The van der Waals surface area contributed by atoms with Gasteiger partial charge in [-0.1, -0.05) is 158 Å². The summed E-state index contributed by atoms with van der Waals surface area (Å²) in [5.74, 6) is 0. The molecule has 0 bridgehead atoms. The Morgan fingerprint density at radius 2 is 0.936 bits per heavy atom. The number of fused-ring (bicyclic) bond motifs is 1. The minimum atomic E-state index is 0.129. The molecule has 1 heteroatoms. The maximum atomic E-state index is 2.55. The first-order valence-electron chi connectivity index (χ1n) is 16.7. The van der Waals surface area contributed by atoms with Crippen LogP contribution in [0, 0.1) is 0 Å². The maximum absolute atomic E-state index is 2.55. The van der Waals surface area contributed by atoms with E-state index in [1.54, 1.807) is 0 Å². The van der Waals surface area contributed by atoms with Crippen molar-refractivity contribution >= 4 is 29.1 Å². The van der Waals surface area contributed by atoms with Crippen molar-refractivity contribution in [2.24, 2.45) is 0 Å². The van der Waals surface area contributed by atoms with E-state index in [1.807, 2.05) is 0 Å². The number of allylic oxidation sites excluding steroid dienone is 4. The number of nitrogens with zero attached hydrogens (tertiary/aromatic N) is 1. The third-order valence-electron chi connectivity index (χ3n) is 9.42. The van der Waals surface area contributed by atoms with Gasteiger partial charge in [0.1, 0.15) is 0 Å². The fourth-order valence-corrected chi connectivity index (χ4v) is 7.40. The first-order chi connectivity index (χ1) is 23.4. The largest absolute Gasteiger partial charge is 0.334 e. The summed E-state index contributed by atoms with van der Waals surface area (Å²) in [5.41, 5.74) is 12.8. The molecule has 0 radical (unpaired) electrons. The predicted octanol–water partition coefficient (Wildman–Crippen LogP) is 10.6. The molecule has 0 spiro atoms. The van der Waals surface area contributed by atoms with Crippen LogP contribution in [0.4, 0.5) is 11.4 Å². The van der Waals surface area contributed by atoms with Crippen LogP contribution < -0.4 is 15.3 Å². The predicted molar refractivity (Wildman–Crippen MR) is 201 cm³/mol. The van der Waals surface area contributed by atoms with Crippen LogP contribution in [0.1, 0.15) is 24.8 Å². The lowest BCUT2D eigenvalue weighted by Crippen LogP contribution is -2.40. The Kier molecular flexibility index (Phi) is 7.95. The fourth-order valence-electron chi connectivity index (χ4n) is 7.40. The van der Waals surface area contributed by atoms with Crippen molar-refractivity contribution in [2.45, 2.75) is 25.3 Å². The Morgan fingerprint density at radius 1 is 0.468 bits per heavy atom. The van der Waals surface area contributed by atoms with Gasteiger partial charge in [-0.2, -0.15) is 0 Å². The molecule has 1 atom stereocenters. The standard InChI is InChI=1S/C46H37N/c1-7-19-34(20-8-1)43-41-32-31-40(47(38-27-15-5-16-28-38)39-29-17-6-18-30-39)33-42(41)44(35-21-9-2-10-22-35)46(37-25-13-4-14-26-37)45(43)36-23-11-3-12-24-36/h1-11,13-23,25-30,32-33,40H,12,24,31H2. The van der Waals surface area contributed by atoms with Crippen molar-refractivity contribution < 1.29 is 0 Å². The lowest BCUT2D eigenvalue weighted by Gasteiger charge is -2.34. The second-order valence-electron chi connectivity index (χ2n) is 12.3. The lowest BCUT2D eigenvalue weighted by molar-refractivity contribution is 0.837. The highest BCUT2D eigenvalue weighted by molar-refractivity contribution is 6.00. The summed E-state index contributed by atoms with van der Waals surface area (Å²) in [6.45, 7) is 0. The molecule has 6 aromatic rings. The van der Waals surface area contributed by atoms with Crippen LogP contribution >= 0.6 is 0 Å². The van der Waals surface area contributed by atoms with E-state index in [-0.39, 0.29) is 6.04 Å². The monoisotopic (exact) mass is 603 g/mol. The number of rotatable bonds is 7. The van der Waals surface area contributed by atoms with Crippen LogP contribution in [0.25, 0.3) is 51.1 Å². The summed E-state index contributed by atoms with van der Waals surface area (Å²) in [7, 11) is 0. The highest BCUT2D eigenvalue weighted by atomic mass is 15.2. The molecule has 0 saturated carbocycles. The lowest BCUT2D eigenvalue weighted by atomic mass is 9.77. The van der Waals surface area contributed by atoms with E-state index in [0.717, 1.165) is 19.3 Å². The third kappa shape index (κ3) is 5.55. The van der Waals surface area contributed by atoms with Gasteiger partial charge in [0.05, 0.1) is 6.04 Å². The summed E-state index contributed by atoms with van der Waals surface area (Å²) < 4.78 is 0. The molecule has 0 fully saturated rings. The van der Waals surface area contributed by atoms with Crippen molar-refractivity contribution in [1.82, 2.24) is 0 Å². The van der Waals surface area contributed by atoms with Crippen molar-refractivity contribution in [1.29, 1.82) is 0 Å². The highest BCUT2D eigenvalue weighted by Gasteiger charge is 2.27. The molecule has 0 amide bonds. The van der Waals surface area contributed by atoms with Crippen molar-refractivity contribution in [2.75, 3.05) is 4.90 Å². The topological polar surface area (TPSA) is 3.24 Å². The van der Waals surface area contributed by atoms with Gasteiger partial charge in [0.15, 0.2) is 0 Å². The van der Waals surface area contributed by atoms with Gasteiger partial charge >= 0.3 is 0 Å². The number of hydrogen-bond acceptors (Lipinski definition) is 1. The average Bonchev–Trinajstić information content (AvgIpc) is 3.16. The van der Waals surface area contributed by atoms with Gasteiger partial charge in [0.25, 0.3) is 0 Å². The smallest absolute Gasteiger partial charge is 0.0566 e. The molecule has 6 aromatic carbocycles. The van der Waals surface area contributed by atoms with E-state index in [2.05, 4.69) is 187 Å². The van der Waals surface area contributed by atoms with E-state index in [4.69, 9.17) is 0 Å². The number of hydrogen-bond donors (Lipinski definition) is 0. The zero-order chi connectivity index (χ0) is 31.4. The molecule has 0 heterocycles. The Bertz CT molecular complexity index is 2140. The molecule has 1 unspecified atom stereocenters. The molecule has 2 aliphatic rings. The number of anilines is 2. The van der Waals surface area contributed by atoms with Gasteiger partial charge in [0, 0.05) is 11.4 Å².